The second kappa shape index (κ2) is 8.25. The largest absolute Gasteiger partial charge is 0.392 e. The molecule has 0 radical (unpaired) electrons. The Kier molecular flexibility index (Phi) is 5.65. The number of carbonyl (C=O) groups excluding carboxylic acids is 1. The minimum atomic E-state index is -0.912. The summed E-state index contributed by atoms with van der Waals surface area (Å²) in [6.45, 7) is 2.20. The Morgan fingerprint density at radius 2 is 1.85 bits per heavy atom. The van der Waals surface area contributed by atoms with Crippen LogP contribution >= 0.6 is 0 Å². The molecule has 1 aromatic rings. The zero-order valence-electron chi connectivity index (χ0n) is 20.2. The molecule has 0 aliphatic heterocycles. The van der Waals surface area contributed by atoms with E-state index in [1.807, 2.05) is 38.4 Å². The van der Waals surface area contributed by atoms with Gasteiger partial charge in [0.2, 0.25) is 0 Å². The third kappa shape index (κ3) is 3.63. The van der Waals surface area contributed by atoms with E-state index in [9.17, 15) is 15.0 Å². The Labute approximate surface area is 197 Å². The fourth-order valence-electron chi connectivity index (χ4n) is 7.30. The predicted octanol–water partition coefficient (Wildman–Crippen LogP) is 5.07. The molecule has 4 atom stereocenters. The molecule has 176 valence electrons. The number of rotatable bonds is 4. The van der Waals surface area contributed by atoms with Gasteiger partial charge in [0.15, 0.2) is 5.78 Å². The molecule has 4 aliphatic rings. The first kappa shape index (κ1) is 22.6. The maximum absolute atomic E-state index is 12.0. The average Bonchev–Trinajstić information content (AvgIpc) is 3.08. The number of anilines is 1. The van der Waals surface area contributed by atoms with E-state index in [4.69, 9.17) is 0 Å². The number of hydrogen-bond donors (Lipinski definition) is 2. The zero-order valence-corrected chi connectivity index (χ0v) is 20.2. The first-order valence-electron chi connectivity index (χ1n) is 12.5. The van der Waals surface area contributed by atoms with E-state index in [1.54, 1.807) is 5.57 Å². The molecule has 5 rings (SSSR count). The Bertz CT molecular complexity index is 1050. The van der Waals surface area contributed by atoms with Crippen molar-refractivity contribution in [3.05, 3.63) is 58.7 Å². The summed E-state index contributed by atoms with van der Waals surface area (Å²) in [5.41, 5.74) is 6.13. The fraction of sp³-hybridized carbons (Fsp3) is 0.552. The van der Waals surface area contributed by atoms with Gasteiger partial charge in [-0.2, -0.15) is 0 Å². The summed E-state index contributed by atoms with van der Waals surface area (Å²) >= 11 is 0. The maximum Gasteiger partial charge on any atom is 0.156 e. The van der Waals surface area contributed by atoms with Gasteiger partial charge >= 0.3 is 0 Å². The van der Waals surface area contributed by atoms with Crippen LogP contribution in [0.4, 0.5) is 5.69 Å². The molecule has 4 heteroatoms. The highest BCUT2D eigenvalue weighted by atomic mass is 16.3. The highest BCUT2D eigenvalue weighted by Gasteiger charge is 2.60. The van der Waals surface area contributed by atoms with Crippen LogP contribution in [0.15, 0.2) is 53.1 Å². The number of allylic oxidation sites excluding steroid dienone is 4. The van der Waals surface area contributed by atoms with E-state index in [2.05, 4.69) is 24.0 Å². The Hall–Kier alpha value is -2.17. The van der Waals surface area contributed by atoms with Crippen LogP contribution in [0.3, 0.4) is 0 Å². The number of nitrogens with zero attached hydrogens (tertiary/aromatic N) is 1. The zero-order chi connectivity index (χ0) is 23.4. The van der Waals surface area contributed by atoms with Gasteiger partial charge in [-0.3, -0.25) is 4.79 Å². The van der Waals surface area contributed by atoms with Crippen molar-refractivity contribution in [2.24, 2.45) is 17.3 Å². The third-order valence-corrected chi connectivity index (χ3v) is 9.29. The summed E-state index contributed by atoms with van der Waals surface area (Å²) in [7, 11) is 4.03. The molecule has 4 aliphatic carbocycles. The smallest absolute Gasteiger partial charge is 0.156 e. The number of hydrogen-bond acceptors (Lipinski definition) is 4. The van der Waals surface area contributed by atoms with Crippen LogP contribution in [0.5, 0.6) is 0 Å². The quantitative estimate of drug-likeness (QED) is 0.677. The molecule has 0 spiro atoms. The second-order valence-corrected chi connectivity index (χ2v) is 11.0. The lowest BCUT2D eigenvalue weighted by molar-refractivity contribution is -0.114. The van der Waals surface area contributed by atoms with E-state index >= 15 is 0 Å². The lowest BCUT2D eigenvalue weighted by atomic mass is 9.55. The van der Waals surface area contributed by atoms with Gasteiger partial charge < -0.3 is 15.1 Å². The van der Waals surface area contributed by atoms with Crippen molar-refractivity contribution < 1.29 is 15.0 Å². The molecule has 0 heterocycles. The van der Waals surface area contributed by atoms with Crippen LogP contribution in [0.25, 0.3) is 5.57 Å². The standard InChI is InChI=1S/C29H37NO3/c1-28-14-12-25-24-11-9-23(32)16-20(24)6-10-26(25)27(28)13-15-29(28,33)17-21(18-31)19-4-7-22(8-5-19)30(2)3/h4-5,7-8,16-17,26-27,31,33H,6,9-15,18H2,1-3H3/b21-17+/t26-,27+,28+,29?/m1/s1. The number of carbonyl (C=O) groups is 1. The Morgan fingerprint density at radius 3 is 2.55 bits per heavy atom. The molecule has 2 saturated carbocycles. The number of fused-ring (bicyclic) bond motifs is 4. The van der Waals surface area contributed by atoms with Gasteiger partial charge in [-0.15, -0.1) is 0 Å². The monoisotopic (exact) mass is 447 g/mol. The van der Waals surface area contributed by atoms with Gasteiger partial charge in [-0.05, 0) is 103 Å². The van der Waals surface area contributed by atoms with Crippen molar-refractivity contribution in [3.63, 3.8) is 0 Å². The summed E-state index contributed by atoms with van der Waals surface area (Å²) in [5, 5.41) is 22.3. The van der Waals surface area contributed by atoms with Crippen LogP contribution in [0.2, 0.25) is 0 Å². The summed E-state index contributed by atoms with van der Waals surface area (Å²) in [6, 6.07) is 8.20. The Morgan fingerprint density at radius 1 is 1.09 bits per heavy atom. The molecule has 33 heavy (non-hydrogen) atoms. The number of aliphatic hydroxyl groups excluding tert-OH is 1. The van der Waals surface area contributed by atoms with Gasteiger partial charge in [0, 0.05) is 31.6 Å². The van der Waals surface area contributed by atoms with Crippen molar-refractivity contribution >= 4 is 17.0 Å². The van der Waals surface area contributed by atoms with Crippen molar-refractivity contribution in [3.8, 4) is 0 Å². The summed E-state index contributed by atoms with van der Waals surface area (Å²) in [5.74, 6) is 1.25. The van der Waals surface area contributed by atoms with Crippen molar-refractivity contribution in [2.75, 3.05) is 25.6 Å². The summed E-state index contributed by atoms with van der Waals surface area (Å²) < 4.78 is 0. The fourth-order valence-corrected chi connectivity index (χ4v) is 7.30. The van der Waals surface area contributed by atoms with Crippen LogP contribution in [0.1, 0.15) is 63.9 Å². The number of benzene rings is 1. The van der Waals surface area contributed by atoms with E-state index in [0.717, 1.165) is 61.8 Å². The van der Waals surface area contributed by atoms with Crippen LogP contribution < -0.4 is 4.90 Å². The minimum absolute atomic E-state index is 0.0781. The van der Waals surface area contributed by atoms with E-state index in [1.165, 1.54) is 11.1 Å². The third-order valence-electron chi connectivity index (χ3n) is 9.29. The Balaban J connectivity index is 1.46. The van der Waals surface area contributed by atoms with Crippen molar-refractivity contribution in [1.29, 1.82) is 0 Å². The molecule has 1 unspecified atom stereocenters. The predicted molar refractivity (Wildman–Crippen MR) is 133 cm³/mol. The second-order valence-electron chi connectivity index (χ2n) is 11.0. The normalized spacial score (nSPS) is 33.9. The molecule has 2 N–H and O–H groups in total. The molecule has 4 nitrogen and oxygen atoms in total. The van der Waals surface area contributed by atoms with Crippen molar-refractivity contribution in [2.45, 2.75) is 63.9 Å². The summed E-state index contributed by atoms with van der Waals surface area (Å²) in [6.07, 6.45) is 11.3. The minimum Gasteiger partial charge on any atom is -0.392 e. The van der Waals surface area contributed by atoms with Gasteiger partial charge in [-0.1, -0.05) is 24.6 Å². The maximum atomic E-state index is 12.0. The highest BCUT2D eigenvalue weighted by Crippen LogP contribution is 2.64. The number of aliphatic hydroxyl groups is 2. The molecular formula is C29H37NO3. The lowest BCUT2D eigenvalue weighted by Gasteiger charge is -2.51. The number of ketones is 1. The van der Waals surface area contributed by atoms with Crippen molar-refractivity contribution in [1.82, 2.24) is 0 Å². The van der Waals surface area contributed by atoms with Gasteiger partial charge in [0.05, 0.1) is 12.2 Å². The van der Waals surface area contributed by atoms with Crippen LogP contribution in [-0.2, 0) is 4.79 Å². The van der Waals surface area contributed by atoms with Crippen LogP contribution in [-0.4, -0.2) is 42.3 Å². The van der Waals surface area contributed by atoms with Gasteiger partial charge in [-0.25, -0.2) is 0 Å². The lowest BCUT2D eigenvalue weighted by Crippen LogP contribution is -2.49. The van der Waals surface area contributed by atoms with Gasteiger partial charge in [0.1, 0.15) is 0 Å². The topological polar surface area (TPSA) is 60.8 Å². The summed E-state index contributed by atoms with van der Waals surface area (Å²) in [4.78, 5) is 14.0. The van der Waals surface area contributed by atoms with Crippen LogP contribution in [0, 0.1) is 17.3 Å². The van der Waals surface area contributed by atoms with Gasteiger partial charge in [0.25, 0.3) is 0 Å². The molecule has 0 aromatic heterocycles. The molecule has 0 bridgehead atoms. The molecule has 0 amide bonds. The van der Waals surface area contributed by atoms with E-state index < -0.39 is 5.60 Å². The molecule has 0 saturated heterocycles. The first-order valence-corrected chi connectivity index (χ1v) is 12.5. The average molecular weight is 448 g/mol. The molecule has 2 fully saturated rings. The SMILES string of the molecule is CN(C)c1ccc(/C(=C/C2(O)CC[C@H]3[C@@H]4CCC5=CC(=O)CCC5=C4CC[C@@]32C)CO)cc1. The molecule has 1 aromatic carbocycles. The highest BCUT2D eigenvalue weighted by molar-refractivity contribution is 5.93. The first-order chi connectivity index (χ1) is 15.8. The van der Waals surface area contributed by atoms with E-state index in [-0.39, 0.29) is 17.8 Å². The molecular weight excluding hydrogens is 410 g/mol. The van der Waals surface area contributed by atoms with E-state index in [0.29, 0.717) is 18.3 Å².